The quantitative estimate of drug-likeness (QED) is 0.423. The van der Waals surface area contributed by atoms with Crippen molar-refractivity contribution in [1.29, 1.82) is 0 Å². The number of benzene rings is 2. The molecule has 2 saturated carbocycles. The molecule has 31 heavy (non-hydrogen) atoms. The van der Waals surface area contributed by atoms with Crippen LogP contribution in [-0.2, 0) is 9.59 Å². The van der Waals surface area contributed by atoms with Crippen LogP contribution in [0.1, 0.15) is 16.8 Å². The third-order valence-electron chi connectivity index (χ3n) is 7.29. The van der Waals surface area contributed by atoms with E-state index >= 15 is 0 Å². The van der Waals surface area contributed by atoms with E-state index in [9.17, 15) is 18.8 Å². The second-order valence-corrected chi connectivity index (χ2v) is 8.85. The van der Waals surface area contributed by atoms with Crippen LogP contribution >= 0.6 is 0 Å². The molecule has 0 N–H and O–H groups in total. The lowest BCUT2D eigenvalue weighted by molar-refractivity contribution is -0.124. The van der Waals surface area contributed by atoms with Gasteiger partial charge >= 0.3 is 0 Å². The van der Waals surface area contributed by atoms with E-state index in [1.54, 1.807) is 24.3 Å². The molecular weight excluding hydrogens is 397 g/mol. The Morgan fingerprint density at radius 3 is 2.19 bits per heavy atom. The van der Waals surface area contributed by atoms with Crippen molar-refractivity contribution in [2.45, 2.75) is 6.42 Å². The molecule has 5 aliphatic rings. The Hall–Kier alpha value is -3.28. The van der Waals surface area contributed by atoms with Crippen LogP contribution < -0.4 is 9.64 Å². The first-order valence-electron chi connectivity index (χ1n) is 10.6. The monoisotopic (exact) mass is 417 g/mol. The van der Waals surface area contributed by atoms with E-state index in [4.69, 9.17) is 4.74 Å². The normalized spacial score (nSPS) is 32.1. The van der Waals surface area contributed by atoms with Crippen molar-refractivity contribution < 1.29 is 23.5 Å². The van der Waals surface area contributed by atoms with E-state index in [0.717, 1.165) is 6.42 Å². The van der Waals surface area contributed by atoms with E-state index in [0.29, 0.717) is 28.8 Å². The van der Waals surface area contributed by atoms with Crippen LogP contribution in [0.2, 0.25) is 0 Å². The molecule has 0 unspecified atom stereocenters. The number of ether oxygens (including phenoxy) is 1. The first-order chi connectivity index (χ1) is 15.0. The minimum atomic E-state index is -0.420. The van der Waals surface area contributed by atoms with Crippen LogP contribution in [0.4, 0.5) is 10.1 Å². The van der Waals surface area contributed by atoms with Gasteiger partial charge in [-0.1, -0.05) is 24.3 Å². The highest BCUT2D eigenvalue weighted by Crippen LogP contribution is 2.65. The van der Waals surface area contributed by atoms with Gasteiger partial charge in [-0.05, 0) is 66.5 Å². The molecule has 2 aromatic carbocycles. The summed E-state index contributed by atoms with van der Waals surface area (Å²) in [5, 5.41) is 0. The molecule has 1 aliphatic heterocycles. The molecule has 2 amide bonds. The average Bonchev–Trinajstić information content (AvgIpc) is 3.56. The van der Waals surface area contributed by atoms with Gasteiger partial charge in [-0.3, -0.25) is 14.4 Å². The van der Waals surface area contributed by atoms with Crippen LogP contribution in [0.5, 0.6) is 5.75 Å². The fourth-order valence-electron chi connectivity index (χ4n) is 5.82. The summed E-state index contributed by atoms with van der Waals surface area (Å²) in [5.41, 5.74) is 0.715. The van der Waals surface area contributed by atoms with E-state index < -0.39 is 5.82 Å². The Morgan fingerprint density at radius 1 is 0.935 bits per heavy atom. The zero-order chi connectivity index (χ0) is 21.3. The van der Waals surface area contributed by atoms with Gasteiger partial charge in [0.15, 0.2) is 12.4 Å². The molecular formula is C25H20FNO4. The summed E-state index contributed by atoms with van der Waals surface area (Å²) in [6, 6.07) is 12.1. The van der Waals surface area contributed by atoms with Gasteiger partial charge < -0.3 is 4.74 Å². The molecule has 1 saturated heterocycles. The number of halogens is 1. The van der Waals surface area contributed by atoms with Crippen molar-refractivity contribution in [2.75, 3.05) is 11.5 Å². The number of para-hydroxylation sites is 2. The smallest absolute Gasteiger partial charge is 0.238 e. The Balaban J connectivity index is 1.26. The fourth-order valence-corrected chi connectivity index (χ4v) is 5.82. The number of nitrogens with zero attached hydrogens (tertiary/aromatic N) is 1. The van der Waals surface area contributed by atoms with Crippen molar-refractivity contribution in [3.8, 4) is 5.75 Å². The van der Waals surface area contributed by atoms with E-state index in [-0.39, 0.29) is 47.9 Å². The van der Waals surface area contributed by atoms with E-state index in [1.165, 1.54) is 29.2 Å². The number of anilines is 1. The van der Waals surface area contributed by atoms with Gasteiger partial charge in [-0.25, -0.2) is 9.29 Å². The molecule has 6 heteroatoms. The second-order valence-electron chi connectivity index (χ2n) is 8.85. The van der Waals surface area contributed by atoms with E-state index in [1.807, 2.05) is 0 Å². The van der Waals surface area contributed by atoms with Gasteiger partial charge in [-0.15, -0.1) is 0 Å². The number of imide groups is 1. The van der Waals surface area contributed by atoms with Crippen molar-refractivity contribution in [2.24, 2.45) is 35.5 Å². The lowest BCUT2D eigenvalue weighted by Crippen LogP contribution is -2.40. The summed E-state index contributed by atoms with van der Waals surface area (Å²) in [6.07, 6.45) is 5.39. The maximum atomic E-state index is 13.4. The number of ketones is 1. The number of allylic oxidation sites excluding steroid dienone is 2. The van der Waals surface area contributed by atoms with Crippen molar-refractivity contribution in [1.82, 2.24) is 0 Å². The molecule has 0 aromatic heterocycles. The Kier molecular flexibility index (Phi) is 3.94. The lowest BCUT2D eigenvalue weighted by Gasteiger charge is -2.37. The summed E-state index contributed by atoms with van der Waals surface area (Å²) < 4.78 is 18.8. The van der Waals surface area contributed by atoms with Crippen LogP contribution in [0.15, 0.2) is 60.7 Å². The number of Topliss-reactive ketones (excluding diaryl/α,β-unsaturated/α-hetero) is 1. The van der Waals surface area contributed by atoms with Crippen LogP contribution in [-0.4, -0.2) is 24.2 Å². The summed E-state index contributed by atoms with van der Waals surface area (Å²) in [5.74, 6) is 0.0244. The number of rotatable bonds is 5. The van der Waals surface area contributed by atoms with Crippen molar-refractivity contribution in [3.63, 3.8) is 0 Å². The Labute approximate surface area is 178 Å². The predicted molar refractivity (Wildman–Crippen MR) is 110 cm³/mol. The molecule has 4 aliphatic carbocycles. The largest absolute Gasteiger partial charge is 0.483 e. The second kappa shape index (κ2) is 6.61. The van der Waals surface area contributed by atoms with Gasteiger partial charge in [0.05, 0.1) is 17.5 Å². The molecule has 2 aromatic rings. The van der Waals surface area contributed by atoms with Crippen LogP contribution in [0.3, 0.4) is 0 Å². The highest BCUT2D eigenvalue weighted by atomic mass is 19.1. The standard InChI is InChI=1S/C25H20FNO4/c26-14-7-5-13(6-8-14)20(28)12-31-21-4-2-1-3-19(21)27-24(29)22-15-9-10-16(18-11-17(15)18)23(22)25(27)30/h1-10,15-18,22-23H,11-12H2/t15-,16-,17-,18-,22+,23+/m0/s1. The summed E-state index contributed by atoms with van der Waals surface area (Å²) >= 11 is 0. The Morgan fingerprint density at radius 2 is 1.55 bits per heavy atom. The van der Waals surface area contributed by atoms with Gasteiger partial charge in [0, 0.05) is 5.56 Å². The maximum absolute atomic E-state index is 13.4. The molecule has 0 radical (unpaired) electrons. The number of hydrogen-bond acceptors (Lipinski definition) is 4. The molecule has 5 nitrogen and oxygen atoms in total. The minimum absolute atomic E-state index is 0.148. The highest BCUT2D eigenvalue weighted by Gasteiger charge is 2.67. The molecule has 0 spiro atoms. The molecule has 156 valence electrons. The molecule has 6 atom stereocenters. The lowest BCUT2D eigenvalue weighted by atomic mass is 9.63. The number of carbonyl (C=O) groups excluding carboxylic acids is 3. The molecule has 7 rings (SSSR count). The first-order valence-corrected chi connectivity index (χ1v) is 10.6. The summed E-state index contributed by atoms with van der Waals surface area (Å²) in [4.78, 5) is 40.4. The third kappa shape index (κ3) is 2.70. The summed E-state index contributed by atoms with van der Waals surface area (Å²) in [6.45, 7) is -0.275. The van der Waals surface area contributed by atoms with Gasteiger partial charge in [0.2, 0.25) is 11.8 Å². The van der Waals surface area contributed by atoms with Crippen molar-refractivity contribution >= 4 is 23.3 Å². The topological polar surface area (TPSA) is 63.7 Å². The SMILES string of the molecule is O=C(COc1ccccc1N1C(=O)[C@@H]2[C@H]3C=C[C@@H]([C@@H]4C[C@@H]34)[C@H]2C1=O)c1ccc(F)cc1. The zero-order valence-corrected chi connectivity index (χ0v) is 16.6. The van der Waals surface area contributed by atoms with Gasteiger partial charge in [0.1, 0.15) is 11.6 Å². The van der Waals surface area contributed by atoms with Crippen LogP contribution in [0.25, 0.3) is 0 Å². The summed E-state index contributed by atoms with van der Waals surface area (Å²) in [7, 11) is 0. The van der Waals surface area contributed by atoms with Gasteiger partial charge in [0.25, 0.3) is 0 Å². The number of hydrogen-bond donors (Lipinski definition) is 0. The first kappa shape index (κ1) is 18.5. The maximum Gasteiger partial charge on any atom is 0.238 e. The highest BCUT2D eigenvalue weighted by molar-refractivity contribution is 6.23. The van der Waals surface area contributed by atoms with Crippen molar-refractivity contribution in [3.05, 3.63) is 72.1 Å². The zero-order valence-electron chi connectivity index (χ0n) is 16.6. The average molecular weight is 417 g/mol. The Bertz CT molecular complexity index is 1100. The number of amides is 2. The van der Waals surface area contributed by atoms with E-state index in [2.05, 4.69) is 12.2 Å². The fraction of sp³-hybridized carbons (Fsp3) is 0.320. The van der Waals surface area contributed by atoms with Gasteiger partial charge in [-0.2, -0.15) is 0 Å². The van der Waals surface area contributed by atoms with Crippen LogP contribution in [0, 0.1) is 41.3 Å². The molecule has 3 fully saturated rings. The molecule has 2 bridgehead atoms. The molecule has 1 heterocycles. The third-order valence-corrected chi connectivity index (χ3v) is 7.29. The minimum Gasteiger partial charge on any atom is -0.483 e. The number of carbonyl (C=O) groups is 3. The predicted octanol–water partition coefficient (Wildman–Crippen LogP) is 3.64.